The van der Waals surface area contributed by atoms with Crippen LogP contribution in [0.4, 0.5) is 0 Å². The molecule has 0 unspecified atom stereocenters. The highest BCUT2D eigenvalue weighted by atomic mass is 15.3. The summed E-state index contributed by atoms with van der Waals surface area (Å²) >= 11 is 0. The fraction of sp³-hybridized carbons (Fsp3) is 0.231. The van der Waals surface area contributed by atoms with E-state index in [4.69, 9.17) is 5.26 Å². The molecule has 1 aromatic heterocycles. The molecule has 0 fully saturated rings. The highest BCUT2D eigenvalue weighted by Gasteiger charge is 2.07. The van der Waals surface area contributed by atoms with Crippen LogP contribution in [0.25, 0.3) is 5.69 Å². The van der Waals surface area contributed by atoms with E-state index in [0.29, 0.717) is 5.56 Å². The van der Waals surface area contributed by atoms with E-state index in [1.54, 1.807) is 10.9 Å². The molecule has 3 heteroatoms. The lowest BCUT2D eigenvalue weighted by Crippen LogP contribution is -1.99. The standard InChI is InChI=1S/C13H13N3/c1-9-4-5-13(6-10(9)2)16-11(3)12(7-14)8-15-16/h4-6,8H,1-3H3. The third kappa shape index (κ3) is 1.59. The Balaban J connectivity index is 2.55. The first kappa shape index (κ1) is 10.4. The van der Waals surface area contributed by atoms with Gasteiger partial charge in [-0.3, -0.25) is 0 Å². The summed E-state index contributed by atoms with van der Waals surface area (Å²) in [5, 5.41) is 13.1. The summed E-state index contributed by atoms with van der Waals surface area (Å²) in [5.41, 5.74) is 4.99. The van der Waals surface area contributed by atoms with Gasteiger partial charge in [0.05, 0.1) is 23.1 Å². The van der Waals surface area contributed by atoms with Crippen LogP contribution < -0.4 is 0 Å². The quantitative estimate of drug-likeness (QED) is 0.727. The molecule has 0 amide bonds. The number of aromatic nitrogens is 2. The molecule has 0 spiro atoms. The van der Waals surface area contributed by atoms with Gasteiger partial charge in [0.15, 0.2) is 0 Å². The molecule has 0 N–H and O–H groups in total. The van der Waals surface area contributed by atoms with Crippen molar-refractivity contribution in [2.45, 2.75) is 20.8 Å². The molecule has 0 aliphatic heterocycles. The normalized spacial score (nSPS) is 10.1. The minimum atomic E-state index is 0.623. The summed E-state index contributed by atoms with van der Waals surface area (Å²) in [6, 6.07) is 8.29. The lowest BCUT2D eigenvalue weighted by atomic mass is 10.1. The summed E-state index contributed by atoms with van der Waals surface area (Å²) in [6.07, 6.45) is 1.60. The zero-order valence-electron chi connectivity index (χ0n) is 9.65. The highest BCUT2D eigenvalue weighted by Crippen LogP contribution is 2.16. The van der Waals surface area contributed by atoms with Gasteiger partial charge >= 0.3 is 0 Å². The first-order valence-corrected chi connectivity index (χ1v) is 5.16. The summed E-state index contributed by atoms with van der Waals surface area (Å²) in [7, 11) is 0. The molecule has 3 nitrogen and oxygen atoms in total. The van der Waals surface area contributed by atoms with Gasteiger partial charge in [-0.15, -0.1) is 0 Å². The molecule has 0 radical (unpaired) electrons. The number of rotatable bonds is 1. The zero-order chi connectivity index (χ0) is 11.7. The minimum absolute atomic E-state index is 0.623. The Bertz CT molecular complexity index is 573. The second kappa shape index (κ2) is 3.82. The monoisotopic (exact) mass is 211 g/mol. The number of benzene rings is 1. The van der Waals surface area contributed by atoms with Gasteiger partial charge in [0.1, 0.15) is 6.07 Å². The zero-order valence-corrected chi connectivity index (χ0v) is 9.65. The molecule has 1 heterocycles. The smallest absolute Gasteiger partial charge is 0.103 e. The van der Waals surface area contributed by atoms with Gasteiger partial charge < -0.3 is 0 Å². The summed E-state index contributed by atoms with van der Waals surface area (Å²) in [5.74, 6) is 0. The van der Waals surface area contributed by atoms with E-state index in [0.717, 1.165) is 11.4 Å². The molecule has 16 heavy (non-hydrogen) atoms. The van der Waals surface area contributed by atoms with Crippen LogP contribution in [-0.4, -0.2) is 9.78 Å². The molecule has 0 aliphatic carbocycles. The number of hydrogen-bond donors (Lipinski definition) is 0. The van der Waals surface area contributed by atoms with Crippen LogP contribution in [-0.2, 0) is 0 Å². The first-order valence-electron chi connectivity index (χ1n) is 5.16. The Morgan fingerprint density at radius 1 is 1.19 bits per heavy atom. The molecule has 0 saturated heterocycles. The molecule has 0 atom stereocenters. The molecule has 2 aromatic rings. The number of nitrogens with zero attached hydrogens (tertiary/aromatic N) is 3. The fourth-order valence-electron chi connectivity index (χ4n) is 1.64. The van der Waals surface area contributed by atoms with Crippen LogP contribution >= 0.6 is 0 Å². The van der Waals surface area contributed by atoms with Crippen molar-refractivity contribution in [1.82, 2.24) is 9.78 Å². The van der Waals surface area contributed by atoms with Gasteiger partial charge in [0.2, 0.25) is 0 Å². The number of nitriles is 1. The van der Waals surface area contributed by atoms with Crippen molar-refractivity contribution < 1.29 is 0 Å². The lowest BCUT2D eigenvalue weighted by Gasteiger charge is -2.07. The molecule has 0 bridgehead atoms. The van der Waals surface area contributed by atoms with Crippen LogP contribution in [0.5, 0.6) is 0 Å². The third-order valence-corrected chi connectivity index (χ3v) is 2.87. The fourth-order valence-corrected chi connectivity index (χ4v) is 1.64. The highest BCUT2D eigenvalue weighted by molar-refractivity contribution is 5.42. The largest absolute Gasteiger partial charge is 0.237 e. The van der Waals surface area contributed by atoms with E-state index < -0.39 is 0 Å². The predicted octanol–water partition coefficient (Wildman–Crippen LogP) is 2.67. The van der Waals surface area contributed by atoms with Gasteiger partial charge in [-0.2, -0.15) is 10.4 Å². The maximum atomic E-state index is 8.87. The number of aryl methyl sites for hydroxylation is 2. The van der Waals surface area contributed by atoms with Crippen LogP contribution in [0.2, 0.25) is 0 Å². The van der Waals surface area contributed by atoms with Gasteiger partial charge in [-0.25, -0.2) is 4.68 Å². The van der Waals surface area contributed by atoms with E-state index in [2.05, 4.69) is 37.1 Å². The van der Waals surface area contributed by atoms with E-state index in [1.807, 2.05) is 13.0 Å². The second-order valence-electron chi connectivity index (χ2n) is 3.94. The minimum Gasteiger partial charge on any atom is -0.237 e. The van der Waals surface area contributed by atoms with Crippen molar-refractivity contribution in [3.63, 3.8) is 0 Å². The molecular formula is C13H13N3. The maximum Gasteiger partial charge on any atom is 0.103 e. The van der Waals surface area contributed by atoms with Gasteiger partial charge in [-0.05, 0) is 44.0 Å². The van der Waals surface area contributed by atoms with Crippen molar-refractivity contribution in [2.75, 3.05) is 0 Å². The van der Waals surface area contributed by atoms with Gasteiger partial charge in [0, 0.05) is 0 Å². The Kier molecular flexibility index (Phi) is 2.49. The molecule has 80 valence electrons. The van der Waals surface area contributed by atoms with E-state index in [-0.39, 0.29) is 0 Å². The van der Waals surface area contributed by atoms with Crippen molar-refractivity contribution in [3.05, 3.63) is 46.8 Å². The topological polar surface area (TPSA) is 41.6 Å². The van der Waals surface area contributed by atoms with Crippen molar-refractivity contribution in [2.24, 2.45) is 0 Å². The summed E-state index contributed by atoms with van der Waals surface area (Å²) in [6.45, 7) is 6.05. The van der Waals surface area contributed by atoms with Crippen LogP contribution in [0.1, 0.15) is 22.4 Å². The van der Waals surface area contributed by atoms with E-state index in [9.17, 15) is 0 Å². The molecular weight excluding hydrogens is 198 g/mol. The van der Waals surface area contributed by atoms with Crippen molar-refractivity contribution in [3.8, 4) is 11.8 Å². The Morgan fingerprint density at radius 3 is 2.50 bits per heavy atom. The summed E-state index contributed by atoms with van der Waals surface area (Å²) < 4.78 is 1.80. The first-order chi connectivity index (χ1) is 7.63. The van der Waals surface area contributed by atoms with E-state index >= 15 is 0 Å². The Morgan fingerprint density at radius 2 is 1.94 bits per heavy atom. The van der Waals surface area contributed by atoms with Crippen molar-refractivity contribution >= 4 is 0 Å². The number of hydrogen-bond acceptors (Lipinski definition) is 2. The Labute approximate surface area is 94.9 Å². The second-order valence-corrected chi connectivity index (χ2v) is 3.94. The third-order valence-electron chi connectivity index (χ3n) is 2.87. The van der Waals surface area contributed by atoms with Crippen LogP contribution in [0, 0.1) is 32.1 Å². The van der Waals surface area contributed by atoms with Crippen LogP contribution in [0.3, 0.4) is 0 Å². The molecule has 0 aliphatic rings. The lowest BCUT2D eigenvalue weighted by molar-refractivity contribution is 0.845. The van der Waals surface area contributed by atoms with Crippen LogP contribution in [0.15, 0.2) is 24.4 Å². The van der Waals surface area contributed by atoms with Gasteiger partial charge in [-0.1, -0.05) is 6.07 Å². The predicted molar refractivity (Wildman–Crippen MR) is 62.5 cm³/mol. The average molecular weight is 211 g/mol. The van der Waals surface area contributed by atoms with E-state index in [1.165, 1.54) is 11.1 Å². The molecule has 2 rings (SSSR count). The van der Waals surface area contributed by atoms with Gasteiger partial charge in [0.25, 0.3) is 0 Å². The Hall–Kier alpha value is -2.08. The SMILES string of the molecule is Cc1ccc(-n2ncc(C#N)c2C)cc1C. The molecule has 0 saturated carbocycles. The molecule has 1 aromatic carbocycles. The summed E-state index contributed by atoms with van der Waals surface area (Å²) in [4.78, 5) is 0. The maximum absolute atomic E-state index is 8.87. The average Bonchev–Trinajstić information content (AvgIpc) is 2.64. The van der Waals surface area contributed by atoms with Crippen molar-refractivity contribution in [1.29, 1.82) is 5.26 Å².